The number of benzene rings is 1. The highest BCUT2D eigenvalue weighted by atomic mass is 16.2. The Morgan fingerprint density at radius 2 is 2.10 bits per heavy atom. The first-order chi connectivity index (χ1) is 10.0. The fraction of sp³-hybridized carbons (Fsp3) is 0.375. The highest BCUT2D eigenvalue weighted by molar-refractivity contribution is 5.99. The summed E-state index contributed by atoms with van der Waals surface area (Å²) in [6, 6.07) is 5.60. The average molecular weight is 285 g/mol. The van der Waals surface area contributed by atoms with Crippen molar-refractivity contribution in [2.24, 2.45) is 5.92 Å². The summed E-state index contributed by atoms with van der Waals surface area (Å²) in [5.41, 5.74) is 8.96. The number of amides is 2. The van der Waals surface area contributed by atoms with E-state index in [-0.39, 0.29) is 11.8 Å². The third-order valence-electron chi connectivity index (χ3n) is 4.05. The molecule has 1 aromatic carbocycles. The molecule has 21 heavy (non-hydrogen) atoms. The Morgan fingerprint density at radius 3 is 2.86 bits per heavy atom. The van der Waals surface area contributed by atoms with Crippen molar-refractivity contribution in [2.75, 3.05) is 0 Å². The molecule has 2 aromatic rings. The maximum Gasteiger partial charge on any atom is 0.269 e. The second kappa shape index (κ2) is 5.24. The zero-order valence-corrected chi connectivity index (χ0v) is 12.2. The molecule has 0 radical (unpaired) electrons. The van der Waals surface area contributed by atoms with Crippen molar-refractivity contribution < 1.29 is 9.59 Å². The molecule has 0 bridgehead atoms. The quantitative estimate of drug-likeness (QED) is 0.702. The van der Waals surface area contributed by atoms with Gasteiger partial charge in [0.2, 0.25) is 5.91 Å². The highest BCUT2D eigenvalue weighted by Gasteiger charge is 2.20. The Hall–Kier alpha value is -2.30. The highest BCUT2D eigenvalue weighted by Crippen LogP contribution is 2.32. The molecule has 0 spiro atoms. The van der Waals surface area contributed by atoms with Gasteiger partial charge in [-0.2, -0.15) is 0 Å². The molecule has 0 saturated carbocycles. The van der Waals surface area contributed by atoms with E-state index >= 15 is 0 Å². The van der Waals surface area contributed by atoms with Crippen molar-refractivity contribution in [2.45, 2.75) is 33.1 Å². The molecule has 1 atom stereocenters. The van der Waals surface area contributed by atoms with Crippen LogP contribution in [0.3, 0.4) is 0 Å². The van der Waals surface area contributed by atoms with Gasteiger partial charge in [-0.3, -0.25) is 20.4 Å². The molecule has 5 nitrogen and oxygen atoms in total. The first kappa shape index (κ1) is 13.7. The van der Waals surface area contributed by atoms with E-state index in [1.54, 1.807) is 6.07 Å². The number of carbonyl (C=O) groups excluding carboxylic acids is 2. The lowest BCUT2D eigenvalue weighted by molar-refractivity contribution is -0.119. The molecule has 5 heteroatoms. The zero-order chi connectivity index (χ0) is 15.0. The van der Waals surface area contributed by atoms with Crippen LogP contribution in [0.1, 0.15) is 41.9 Å². The van der Waals surface area contributed by atoms with Crippen LogP contribution in [0, 0.1) is 5.92 Å². The minimum absolute atomic E-state index is 0.294. The van der Waals surface area contributed by atoms with Gasteiger partial charge in [-0.1, -0.05) is 6.92 Å². The van der Waals surface area contributed by atoms with Crippen LogP contribution in [0.25, 0.3) is 10.9 Å². The average Bonchev–Trinajstić information content (AvgIpc) is 2.81. The van der Waals surface area contributed by atoms with E-state index in [0.717, 1.165) is 23.7 Å². The largest absolute Gasteiger partial charge is 0.358 e. The molecule has 2 amide bonds. The van der Waals surface area contributed by atoms with Crippen molar-refractivity contribution >= 4 is 22.7 Å². The lowest BCUT2D eigenvalue weighted by Crippen LogP contribution is -2.40. The molecule has 0 fully saturated rings. The number of rotatable bonds is 1. The summed E-state index contributed by atoms with van der Waals surface area (Å²) in [5, 5.41) is 1.12. The van der Waals surface area contributed by atoms with Crippen LogP contribution in [0.2, 0.25) is 0 Å². The van der Waals surface area contributed by atoms with E-state index in [0.29, 0.717) is 11.5 Å². The van der Waals surface area contributed by atoms with Crippen molar-refractivity contribution in [1.29, 1.82) is 0 Å². The van der Waals surface area contributed by atoms with E-state index < -0.39 is 0 Å². The number of fused-ring (bicyclic) bond motifs is 3. The monoisotopic (exact) mass is 285 g/mol. The normalized spacial score (nSPS) is 17.3. The lowest BCUT2D eigenvalue weighted by atomic mass is 9.87. The molecule has 0 aliphatic heterocycles. The van der Waals surface area contributed by atoms with E-state index in [1.165, 1.54) is 24.6 Å². The number of hydrogen-bond donors (Lipinski definition) is 3. The third kappa shape index (κ3) is 2.63. The summed E-state index contributed by atoms with van der Waals surface area (Å²) in [6.07, 6.45) is 3.32. The molecule has 1 unspecified atom stereocenters. The number of aromatic amines is 1. The smallest absolute Gasteiger partial charge is 0.269 e. The number of aromatic nitrogens is 1. The van der Waals surface area contributed by atoms with Gasteiger partial charge in [0.1, 0.15) is 0 Å². The molecular weight excluding hydrogens is 266 g/mol. The van der Waals surface area contributed by atoms with E-state index in [9.17, 15) is 9.59 Å². The second-order valence-corrected chi connectivity index (χ2v) is 5.83. The SMILES string of the molecule is CC(=O)NNC(=O)c1ccc2[nH]c3c(c2c1)CC(C)CC3. The Morgan fingerprint density at radius 1 is 1.29 bits per heavy atom. The Balaban J connectivity index is 1.94. The lowest BCUT2D eigenvalue weighted by Gasteiger charge is -2.18. The number of aryl methyl sites for hydroxylation is 1. The van der Waals surface area contributed by atoms with Gasteiger partial charge in [0.05, 0.1) is 0 Å². The minimum atomic E-state index is -0.300. The van der Waals surface area contributed by atoms with Gasteiger partial charge in [0, 0.05) is 29.1 Å². The van der Waals surface area contributed by atoms with Gasteiger partial charge in [0.15, 0.2) is 0 Å². The number of H-pyrrole nitrogens is 1. The number of carbonyl (C=O) groups is 2. The fourth-order valence-electron chi connectivity index (χ4n) is 2.95. The summed E-state index contributed by atoms with van der Waals surface area (Å²) in [7, 11) is 0. The van der Waals surface area contributed by atoms with E-state index in [1.807, 2.05) is 12.1 Å². The van der Waals surface area contributed by atoms with Crippen molar-refractivity contribution in [3.05, 3.63) is 35.0 Å². The van der Waals surface area contributed by atoms with Gasteiger partial charge in [-0.05, 0) is 48.9 Å². The topological polar surface area (TPSA) is 74.0 Å². The van der Waals surface area contributed by atoms with Crippen LogP contribution in [-0.4, -0.2) is 16.8 Å². The molecule has 3 N–H and O–H groups in total. The van der Waals surface area contributed by atoms with Gasteiger partial charge < -0.3 is 4.98 Å². The molecule has 1 aliphatic carbocycles. The van der Waals surface area contributed by atoms with Crippen molar-refractivity contribution in [1.82, 2.24) is 15.8 Å². The van der Waals surface area contributed by atoms with E-state index in [4.69, 9.17) is 0 Å². The minimum Gasteiger partial charge on any atom is -0.358 e. The van der Waals surface area contributed by atoms with Crippen LogP contribution < -0.4 is 10.9 Å². The standard InChI is InChI=1S/C16H19N3O2/c1-9-3-5-14-12(7-9)13-8-11(4-6-15(13)17-14)16(21)19-18-10(2)20/h4,6,8-9,17H,3,5,7H2,1-2H3,(H,18,20)(H,19,21). The second-order valence-electron chi connectivity index (χ2n) is 5.83. The summed E-state index contributed by atoms with van der Waals surface area (Å²) >= 11 is 0. The van der Waals surface area contributed by atoms with Gasteiger partial charge in [0.25, 0.3) is 5.91 Å². The molecule has 1 heterocycles. The predicted molar refractivity (Wildman–Crippen MR) is 80.8 cm³/mol. The predicted octanol–water partition coefficient (Wildman–Crippen LogP) is 2.07. The number of nitrogens with one attached hydrogen (secondary N) is 3. The van der Waals surface area contributed by atoms with Crippen LogP contribution in [0.5, 0.6) is 0 Å². The van der Waals surface area contributed by atoms with Crippen LogP contribution in [-0.2, 0) is 17.6 Å². The first-order valence-electron chi connectivity index (χ1n) is 7.25. The molecule has 0 saturated heterocycles. The zero-order valence-electron chi connectivity index (χ0n) is 12.2. The summed E-state index contributed by atoms with van der Waals surface area (Å²) in [4.78, 5) is 26.3. The third-order valence-corrected chi connectivity index (χ3v) is 4.05. The molecule has 1 aliphatic rings. The molecule has 110 valence electrons. The van der Waals surface area contributed by atoms with Gasteiger partial charge >= 0.3 is 0 Å². The Bertz CT molecular complexity index is 718. The molecular formula is C16H19N3O2. The number of hydrazine groups is 1. The maximum absolute atomic E-state index is 12.0. The van der Waals surface area contributed by atoms with Gasteiger partial charge in [-0.25, -0.2) is 0 Å². The van der Waals surface area contributed by atoms with Crippen molar-refractivity contribution in [3.8, 4) is 0 Å². The Labute approximate surface area is 123 Å². The summed E-state index contributed by atoms with van der Waals surface area (Å²) < 4.78 is 0. The molecule has 1 aromatic heterocycles. The van der Waals surface area contributed by atoms with Gasteiger partial charge in [-0.15, -0.1) is 0 Å². The van der Waals surface area contributed by atoms with Crippen LogP contribution in [0.4, 0.5) is 0 Å². The van der Waals surface area contributed by atoms with Crippen LogP contribution in [0.15, 0.2) is 18.2 Å². The maximum atomic E-state index is 12.0. The number of hydrogen-bond acceptors (Lipinski definition) is 2. The summed E-state index contributed by atoms with van der Waals surface area (Å²) in [6.45, 7) is 3.61. The van der Waals surface area contributed by atoms with E-state index in [2.05, 4.69) is 22.8 Å². The summed E-state index contributed by atoms with van der Waals surface area (Å²) in [5.74, 6) is 0.0801. The van der Waals surface area contributed by atoms with Crippen molar-refractivity contribution in [3.63, 3.8) is 0 Å². The first-order valence-corrected chi connectivity index (χ1v) is 7.25. The Kier molecular flexibility index (Phi) is 3.41. The fourth-order valence-corrected chi connectivity index (χ4v) is 2.95. The van der Waals surface area contributed by atoms with Crippen LogP contribution >= 0.6 is 0 Å². The molecule has 3 rings (SSSR count).